The number of rotatable bonds is 10. The number of aromatic nitrogens is 1. The molecule has 0 aliphatic heterocycles. The molecule has 0 unspecified atom stereocenters. The van der Waals surface area contributed by atoms with E-state index in [9.17, 15) is 19.7 Å². The van der Waals surface area contributed by atoms with Crippen molar-refractivity contribution < 1.29 is 19.2 Å². The molecule has 9 nitrogen and oxygen atoms in total. The standard InChI is InChI=1S/C22H30N4O5/c1-16(2)25(22(28)18-9-8-17(3)20(13-18)26(29)30)15-21(27)24(11-12-31-5)14-19-7-6-10-23(19)4/h6-10,13,16H,11-12,14-15H2,1-5H3. The van der Waals surface area contributed by atoms with Crippen molar-refractivity contribution in [1.29, 1.82) is 0 Å². The molecule has 0 atom stereocenters. The fourth-order valence-electron chi connectivity index (χ4n) is 3.19. The van der Waals surface area contributed by atoms with Crippen LogP contribution in [0.1, 0.15) is 35.5 Å². The van der Waals surface area contributed by atoms with Crippen LogP contribution in [0.5, 0.6) is 0 Å². The number of nitro groups is 1. The smallest absolute Gasteiger partial charge is 0.273 e. The number of nitrogens with zero attached hydrogens (tertiary/aromatic N) is 4. The average molecular weight is 431 g/mol. The van der Waals surface area contributed by atoms with Crippen LogP contribution in [0, 0.1) is 17.0 Å². The van der Waals surface area contributed by atoms with Crippen LogP contribution in [0.3, 0.4) is 0 Å². The number of nitro benzene ring substituents is 1. The van der Waals surface area contributed by atoms with E-state index in [-0.39, 0.29) is 29.7 Å². The SMILES string of the molecule is COCCN(Cc1cccn1C)C(=O)CN(C(=O)c1ccc(C)c([N+](=O)[O-])c1)C(C)C. The van der Waals surface area contributed by atoms with E-state index in [2.05, 4.69) is 0 Å². The number of carbonyl (C=O) groups is 2. The minimum atomic E-state index is -0.511. The maximum atomic E-state index is 13.1. The van der Waals surface area contributed by atoms with Gasteiger partial charge in [0.1, 0.15) is 6.54 Å². The second-order valence-electron chi connectivity index (χ2n) is 7.70. The van der Waals surface area contributed by atoms with E-state index in [0.29, 0.717) is 25.3 Å². The molecule has 0 bridgehead atoms. The highest BCUT2D eigenvalue weighted by molar-refractivity contribution is 5.97. The van der Waals surface area contributed by atoms with E-state index in [1.807, 2.05) is 43.8 Å². The lowest BCUT2D eigenvalue weighted by Gasteiger charge is -2.30. The molecule has 168 valence electrons. The van der Waals surface area contributed by atoms with Gasteiger partial charge in [-0.25, -0.2) is 0 Å². The van der Waals surface area contributed by atoms with Crippen molar-refractivity contribution in [2.45, 2.75) is 33.4 Å². The van der Waals surface area contributed by atoms with Gasteiger partial charge in [-0.05, 0) is 39.0 Å². The van der Waals surface area contributed by atoms with Gasteiger partial charge in [-0.1, -0.05) is 6.07 Å². The highest BCUT2D eigenvalue weighted by Crippen LogP contribution is 2.21. The number of amides is 2. The predicted molar refractivity (Wildman–Crippen MR) is 117 cm³/mol. The number of aryl methyl sites for hydroxylation is 2. The molecule has 0 saturated carbocycles. The van der Waals surface area contributed by atoms with Crippen LogP contribution >= 0.6 is 0 Å². The number of hydrogen-bond acceptors (Lipinski definition) is 5. The van der Waals surface area contributed by atoms with Gasteiger partial charge < -0.3 is 19.1 Å². The Morgan fingerprint density at radius 3 is 2.52 bits per heavy atom. The van der Waals surface area contributed by atoms with Crippen molar-refractivity contribution in [1.82, 2.24) is 14.4 Å². The highest BCUT2D eigenvalue weighted by Gasteiger charge is 2.26. The fourth-order valence-corrected chi connectivity index (χ4v) is 3.19. The van der Waals surface area contributed by atoms with Gasteiger partial charge in [0.2, 0.25) is 5.91 Å². The van der Waals surface area contributed by atoms with Crippen LogP contribution in [0.15, 0.2) is 36.5 Å². The Hall–Kier alpha value is -3.20. The largest absolute Gasteiger partial charge is 0.383 e. The Balaban J connectivity index is 2.24. The monoisotopic (exact) mass is 430 g/mol. The van der Waals surface area contributed by atoms with E-state index in [4.69, 9.17) is 4.74 Å². The molecular weight excluding hydrogens is 400 g/mol. The molecule has 2 rings (SSSR count). The summed E-state index contributed by atoms with van der Waals surface area (Å²) in [5.74, 6) is -0.640. The molecule has 0 N–H and O–H groups in total. The van der Waals surface area contributed by atoms with Crippen molar-refractivity contribution >= 4 is 17.5 Å². The summed E-state index contributed by atoms with van der Waals surface area (Å²) in [6, 6.07) is 7.94. The first-order chi connectivity index (χ1) is 14.6. The molecule has 1 aromatic carbocycles. The summed E-state index contributed by atoms with van der Waals surface area (Å²) >= 11 is 0. The van der Waals surface area contributed by atoms with Crippen molar-refractivity contribution in [2.75, 3.05) is 26.8 Å². The van der Waals surface area contributed by atoms with Crippen LogP contribution in [0.25, 0.3) is 0 Å². The maximum Gasteiger partial charge on any atom is 0.273 e. The van der Waals surface area contributed by atoms with Gasteiger partial charge in [0.15, 0.2) is 0 Å². The lowest BCUT2D eigenvalue weighted by Crippen LogP contribution is -2.46. The third kappa shape index (κ3) is 6.14. The maximum absolute atomic E-state index is 13.1. The van der Waals surface area contributed by atoms with Gasteiger partial charge in [-0.3, -0.25) is 19.7 Å². The minimum Gasteiger partial charge on any atom is -0.383 e. The number of carbonyl (C=O) groups excluding carboxylic acids is 2. The summed E-state index contributed by atoms with van der Waals surface area (Å²) in [7, 11) is 3.47. The quantitative estimate of drug-likeness (QED) is 0.426. The lowest BCUT2D eigenvalue weighted by molar-refractivity contribution is -0.385. The van der Waals surface area contributed by atoms with Crippen molar-refractivity contribution in [2.24, 2.45) is 7.05 Å². The van der Waals surface area contributed by atoms with Gasteiger partial charge in [0, 0.05) is 55.8 Å². The molecule has 1 heterocycles. The molecule has 0 spiro atoms. The first-order valence-corrected chi connectivity index (χ1v) is 10.1. The molecule has 9 heteroatoms. The molecule has 0 aliphatic carbocycles. The second-order valence-corrected chi connectivity index (χ2v) is 7.70. The molecule has 2 amide bonds. The number of benzene rings is 1. The van der Waals surface area contributed by atoms with Gasteiger partial charge in [0.05, 0.1) is 18.1 Å². The first kappa shape index (κ1) is 24.1. The van der Waals surface area contributed by atoms with Crippen LogP contribution in [0.4, 0.5) is 5.69 Å². The van der Waals surface area contributed by atoms with Gasteiger partial charge in [0.25, 0.3) is 11.6 Å². The molecule has 0 radical (unpaired) electrons. The Kier molecular flexibility index (Phi) is 8.32. The van der Waals surface area contributed by atoms with E-state index < -0.39 is 10.8 Å². The van der Waals surface area contributed by atoms with E-state index in [1.165, 1.54) is 11.0 Å². The number of methoxy groups -OCH3 is 1. The molecule has 1 aromatic heterocycles. The normalized spacial score (nSPS) is 10.9. The number of hydrogen-bond donors (Lipinski definition) is 0. The summed E-state index contributed by atoms with van der Waals surface area (Å²) in [5.41, 5.74) is 1.50. The second kappa shape index (κ2) is 10.7. The van der Waals surface area contributed by atoms with E-state index >= 15 is 0 Å². The van der Waals surface area contributed by atoms with Gasteiger partial charge in [-0.2, -0.15) is 0 Å². The summed E-state index contributed by atoms with van der Waals surface area (Å²) in [4.78, 5) is 40.1. The zero-order chi connectivity index (χ0) is 23.1. The Bertz CT molecular complexity index is 938. The Labute approximate surface area is 182 Å². The van der Waals surface area contributed by atoms with Gasteiger partial charge in [-0.15, -0.1) is 0 Å². The topological polar surface area (TPSA) is 97.9 Å². The van der Waals surface area contributed by atoms with Crippen LogP contribution in [0.2, 0.25) is 0 Å². The van der Waals surface area contributed by atoms with Crippen LogP contribution < -0.4 is 0 Å². The lowest BCUT2D eigenvalue weighted by atomic mass is 10.1. The first-order valence-electron chi connectivity index (χ1n) is 10.1. The molecule has 0 fully saturated rings. The van der Waals surface area contributed by atoms with Crippen molar-refractivity contribution in [3.63, 3.8) is 0 Å². The van der Waals surface area contributed by atoms with Gasteiger partial charge >= 0.3 is 0 Å². The number of ether oxygens (including phenoxy) is 1. The summed E-state index contributed by atoms with van der Waals surface area (Å²) in [6.45, 7) is 6.25. The van der Waals surface area contributed by atoms with Crippen LogP contribution in [-0.2, 0) is 23.1 Å². The Morgan fingerprint density at radius 2 is 1.97 bits per heavy atom. The zero-order valence-corrected chi connectivity index (χ0v) is 18.7. The van der Waals surface area contributed by atoms with Crippen molar-refractivity contribution in [3.8, 4) is 0 Å². The van der Waals surface area contributed by atoms with E-state index in [1.54, 1.807) is 31.1 Å². The summed E-state index contributed by atoms with van der Waals surface area (Å²) < 4.78 is 7.08. The van der Waals surface area contributed by atoms with Crippen molar-refractivity contribution in [3.05, 3.63) is 63.5 Å². The zero-order valence-electron chi connectivity index (χ0n) is 18.7. The highest BCUT2D eigenvalue weighted by atomic mass is 16.6. The molecular formula is C22H30N4O5. The molecule has 0 saturated heterocycles. The van der Waals surface area contributed by atoms with Crippen LogP contribution in [-0.4, -0.2) is 64.0 Å². The average Bonchev–Trinajstić information content (AvgIpc) is 3.12. The third-order valence-corrected chi connectivity index (χ3v) is 5.16. The Morgan fingerprint density at radius 1 is 1.26 bits per heavy atom. The molecule has 2 aromatic rings. The minimum absolute atomic E-state index is 0.119. The summed E-state index contributed by atoms with van der Waals surface area (Å²) in [5, 5.41) is 11.3. The summed E-state index contributed by atoms with van der Waals surface area (Å²) in [6.07, 6.45) is 1.91. The fraction of sp³-hybridized carbons (Fsp3) is 0.455. The predicted octanol–water partition coefficient (Wildman–Crippen LogP) is 2.77. The molecule has 31 heavy (non-hydrogen) atoms. The van der Waals surface area contributed by atoms with E-state index in [0.717, 1.165) is 5.69 Å². The molecule has 0 aliphatic rings. The third-order valence-electron chi connectivity index (χ3n) is 5.16.